The van der Waals surface area contributed by atoms with Crippen LogP contribution in [0.4, 0.5) is 0 Å². The minimum absolute atomic E-state index is 0. The number of rotatable bonds is 2. The van der Waals surface area contributed by atoms with E-state index in [-0.39, 0.29) is 12.1 Å². The summed E-state index contributed by atoms with van der Waals surface area (Å²) in [5, 5.41) is -1.08. The van der Waals surface area contributed by atoms with Crippen LogP contribution in [0, 0.1) is 0 Å². The molecule has 0 heterocycles. The normalized spacial score (nSPS) is 7.33. The van der Waals surface area contributed by atoms with E-state index in [0.717, 1.165) is 0 Å². The second-order valence-corrected chi connectivity index (χ2v) is 1.34. The predicted molar refractivity (Wildman–Crippen MR) is 31.1 cm³/mol. The Bertz CT molecular complexity index is 111. The van der Waals surface area contributed by atoms with Crippen LogP contribution in [0.1, 0.15) is 6.92 Å². The van der Waals surface area contributed by atoms with E-state index >= 15 is 0 Å². The van der Waals surface area contributed by atoms with Crippen molar-refractivity contribution in [3.05, 3.63) is 0 Å². The van der Waals surface area contributed by atoms with E-state index in [4.69, 9.17) is 11.6 Å². The van der Waals surface area contributed by atoms with E-state index in [9.17, 15) is 9.59 Å². The lowest BCUT2D eigenvalue weighted by Crippen LogP contribution is -2.10. The highest BCUT2D eigenvalue weighted by molar-refractivity contribution is 6.80. The topological polar surface area (TPSA) is 74.9 Å². The summed E-state index contributed by atoms with van der Waals surface area (Å²) in [4.78, 5) is 19.9. The van der Waals surface area contributed by atoms with E-state index in [1.165, 1.54) is 0 Å². The third-order valence-corrected chi connectivity index (χ3v) is 0.590. The van der Waals surface area contributed by atoms with Gasteiger partial charge in [-0.05, 0) is 18.5 Å². The molecule has 54 valence electrons. The fourth-order valence-electron chi connectivity index (χ4n) is 0.188. The van der Waals surface area contributed by atoms with Crippen molar-refractivity contribution >= 4 is 22.8 Å². The summed E-state index contributed by atoms with van der Waals surface area (Å²) in [6, 6.07) is 0. The molecule has 4 nitrogen and oxygen atoms in total. The van der Waals surface area contributed by atoms with Crippen LogP contribution in [0.25, 0.3) is 0 Å². The molecular weight excluding hydrogens is 147 g/mol. The van der Waals surface area contributed by atoms with E-state index < -0.39 is 11.2 Å². The predicted octanol–water partition coefficient (Wildman–Crippen LogP) is -0.510. The number of ether oxygens (including phenoxy) is 1. The molecule has 0 atom stereocenters. The van der Waals surface area contributed by atoms with Crippen LogP contribution in [-0.2, 0) is 14.3 Å². The third kappa shape index (κ3) is 5.26. The van der Waals surface area contributed by atoms with E-state index in [0.29, 0.717) is 0 Å². The van der Waals surface area contributed by atoms with Gasteiger partial charge in [-0.15, -0.1) is 0 Å². The Morgan fingerprint density at radius 1 is 1.56 bits per heavy atom. The van der Waals surface area contributed by atoms with Gasteiger partial charge in [-0.2, -0.15) is 0 Å². The average Bonchev–Trinajstić information content (AvgIpc) is 1.67. The molecule has 0 aliphatic rings. The number of carbonyl (C=O) groups is 2. The quantitative estimate of drug-likeness (QED) is 0.305. The first-order chi connectivity index (χ1) is 3.68. The van der Waals surface area contributed by atoms with Crippen molar-refractivity contribution in [3.63, 3.8) is 0 Å². The molecule has 0 saturated heterocycles. The maximum absolute atomic E-state index is 10.0. The number of hydrogen-bond acceptors (Lipinski definition) is 3. The second-order valence-electron chi connectivity index (χ2n) is 0.994. The third-order valence-electron chi connectivity index (χ3n) is 0.436. The van der Waals surface area contributed by atoms with Crippen LogP contribution in [0.5, 0.6) is 0 Å². The smallest absolute Gasteiger partial charge is 0.391 e. The van der Waals surface area contributed by atoms with Gasteiger partial charge in [-0.3, -0.25) is 4.79 Å². The zero-order valence-electron chi connectivity index (χ0n) is 4.81. The molecule has 0 unspecified atom stereocenters. The van der Waals surface area contributed by atoms with Crippen LogP contribution < -0.4 is 0 Å². The molecule has 2 N–H and O–H groups in total. The molecule has 0 fully saturated rings. The SMILES string of the molecule is CCOC(=O)C(=O)Cl.O. The Morgan fingerprint density at radius 3 is 2.11 bits per heavy atom. The Morgan fingerprint density at radius 2 is 2.00 bits per heavy atom. The van der Waals surface area contributed by atoms with Gasteiger partial charge in [0.1, 0.15) is 0 Å². The first-order valence-corrected chi connectivity index (χ1v) is 2.43. The van der Waals surface area contributed by atoms with Crippen molar-refractivity contribution < 1.29 is 19.8 Å². The maximum Gasteiger partial charge on any atom is 0.391 e. The van der Waals surface area contributed by atoms with Gasteiger partial charge >= 0.3 is 11.2 Å². The maximum atomic E-state index is 10.0. The molecule has 0 aromatic rings. The molecule has 0 saturated carbocycles. The number of esters is 1. The van der Waals surface area contributed by atoms with Crippen LogP contribution in [0.15, 0.2) is 0 Å². The molecule has 0 spiro atoms. The van der Waals surface area contributed by atoms with Gasteiger partial charge in [0, 0.05) is 0 Å². The summed E-state index contributed by atoms with van der Waals surface area (Å²) >= 11 is 4.69. The Balaban J connectivity index is 0. The van der Waals surface area contributed by atoms with Gasteiger partial charge in [0.05, 0.1) is 6.61 Å². The molecule has 0 radical (unpaired) electrons. The highest BCUT2D eigenvalue weighted by Crippen LogP contribution is 1.83. The zero-order chi connectivity index (χ0) is 6.57. The Kier molecular flexibility index (Phi) is 6.89. The summed E-state index contributed by atoms with van der Waals surface area (Å²) in [5.74, 6) is -0.992. The van der Waals surface area contributed by atoms with Gasteiger partial charge in [-0.1, -0.05) is 0 Å². The minimum Gasteiger partial charge on any atom is -0.459 e. The fraction of sp³-hybridized carbons (Fsp3) is 0.500. The van der Waals surface area contributed by atoms with Crippen molar-refractivity contribution in [2.75, 3.05) is 6.61 Å². The van der Waals surface area contributed by atoms with Gasteiger partial charge in [-0.25, -0.2) is 4.79 Å². The lowest BCUT2D eigenvalue weighted by atomic mass is 10.7. The van der Waals surface area contributed by atoms with Crippen molar-refractivity contribution in [2.24, 2.45) is 0 Å². The standard InChI is InChI=1S/C4H5ClO3.H2O/c1-2-8-4(7)3(5)6;/h2H2,1H3;1H2. The van der Waals surface area contributed by atoms with Crippen molar-refractivity contribution in [3.8, 4) is 0 Å². The van der Waals surface area contributed by atoms with Crippen molar-refractivity contribution in [2.45, 2.75) is 6.92 Å². The average molecular weight is 155 g/mol. The minimum atomic E-state index is -1.08. The summed E-state index contributed by atoms with van der Waals surface area (Å²) in [7, 11) is 0. The lowest BCUT2D eigenvalue weighted by Gasteiger charge is -1.91. The first-order valence-electron chi connectivity index (χ1n) is 2.05. The number of halogens is 1. The fourth-order valence-corrected chi connectivity index (χ4v) is 0.242. The van der Waals surface area contributed by atoms with Crippen molar-refractivity contribution in [1.29, 1.82) is 0 Å². The van der Waals surface area contributed by atoms with Crippen LogP contribution >= 0.6 is 11.6 Å². The molecule has 0 aliphatic carbocycles. The second kappa shape index (κ2) is 5.53. The van der Waals surface area contributed by atoms with Crippen LogP contribution in [0.3, 0.4) is 0 Å². The molecule has 0 amide bonds. The summed E-state index contributed by atoms with van der Waals surface area (Å²) in [5.41, 5.74) is 0. The molecular formula is C4H7ClO4. The van der Waals surface area contributed by atoms with E-state index in [2.05, 4.69) is 4.74 Å². The zero-order valence-corrected chi connectivity index (χ0v) is 5.57. The highest BCUT2D eigenvalue weighted by atomic mass is 35.5. The van der Waals surface area contributed by atoms with Crippen LogP contribution in [0.2, 0.25) is 0 Å². The molecule has 0 aromatic heterocycles. The number of hydrogen-bond donors (Lipinski definition) is 0. The summed E-state index contributed by atoms with van der Waals surface area (Å²) in [6.07, 6.45) is 0. The van der Waals surface area contributed by atoms with Gasteiger partial charge in [0.15, 0.2) is 0 Å². The Hall–Kier alpha value is -0.610. The summed E-state index contributed by atoms with van der Waals surface area (Å²) in [6.45, 7) is 1.77. The van der Waals surface area contributed by atoms with E-state index in [1.54, 1.807) is 6.92 Å². The molecule has 0 aromatic carbocycles. The van der Waals surface area contributed by atoms with E-state index in [1.807, 2.05) is 0 Å². The monoisotopic (exact) mass is 154 g/mol. The molecule has 0 aliphatic heterocycles. The van der Waals surface area contributed by atoms with Crippen LogP contribution in [-0.4, -0.2) is 23.3 Å². The van der Waals surface area contributed by atoms with Crippen molar-refractivity contribution in [1.82, 2.24) is 0 Å². The molecule has 0 bridgehead atoms. The van der Waals surface area contributed by atoms with Gasteiger partial charge < -0.3 is 10.2 Å². The largest absolute Gasteiger partial charge is 0.459 e. The Labute approximate surface area is 57.1 Å². The number of carbonyl (C=O) groups excluding carboxylic acids is 2. The van der Waals surface area contributed by atoms with Gasteiger partial charge in [0.25, 0.3) is 0 Å². The molecule has 5 heteroatoms. The molecule has 0 rings (SSSR count). The molecule has 9 heavy (non-hydrogen) atoms. The summed E-state index contributed by atoms with van der Waals surface area (Å²) < 4.78 is 4.18. The lowest BCUT2D eigenvalue weighted by molar-refractivity contribution is -0.149. The first kappa shape index (κ1) is 11.2. The highest BCUT2D eigenvalue weighted by Gasteiger charge is 2.08. The van der Waals surface area contributed by atoms with Gasteiger partial charge in [0.2, 0.25) is 0 Å².